The van der Waals surface area contributed by atoms with Crippen LogP contribution in [0.3, 0.4) is 0 Å². The normalized spacial score (nSPS) is 24.7. The molecule has 5 rings (SSSR count). The highest BCUT2D eigenvalue weighted by atomic mass is 16.6. The Morgan fingerprint density at radius 2 is 1.84 bits per heavy atom. The molecule has 3 saturated heterocycles. The summed E-state index contributed by atoms with van der Waals surface area (Å²) in [4.78, 5) is 59.4. The van der Waals surface area contributed by atoms with Gasteiger partial charge < -0.3 is 34.4 Å². The molecule has 3 fully saturated rings. The van der Waals surface area contributed by atoms with Crippen LogP contribution in [0.15, 0.2) is 79.9 Å². The van der Waals surface area contributed by atoms with Crippen LogP contribution in [0.2, 0.25) is 0 Å². The van der Waals surface area contributed by atoms with E-state index in [4.69, 9.17) is 14.2 Å². The number of carbonyl (C=O) groups is 4. The molecular formula is C39H49N3O8. The van der Waals surface area contributed by atoms with E-state index in [2.05, 4.69) is 18.5 Å². The fourth-order valence-corrected chi connectivity index (χ4v) is 7.86. The summed E-state index contributed by atoms with van der Waals surface area (Å²) >= 11 is 0. The Bertz CT molecular complexity index is 1550. The third-order valence-corrected chi connectivity index (χ3v) is 10.0. The van der Waals surface area contributed by atoms with Crippen LogP contribution in [0.25, 0.3) is 0 Å². The van der Waals surface area contributed by atoms with Gasteiger partial charge in [-0.1, -0.05) is 56.3 Å². The number of hydrogen-bond donors (Lipinski definition) is 2. The minimum Gasteiger partial charge on any atom is -0.497 e. The molecule has 50 heavy (non-hydrogen) atoms. The maximum atomic E-state index is 14.9. The maximum Gasteiger partial charge on any atom is 0.313 e. The van der Waals surface area contributed by atoms with E-state index >= 15 is 0 Å². The first-order valence-electron chi connectivity index (χ1n) is 17.4. The van der Waals surface area contributed by atoms with E-state index in [0.717, 1.165) is 0 Å². The lowest BCUT2D eigenvalue weighted by Gasteiger charge is -2.39. The molecule has 7 atom stereocenters. The second-order valence-electron chi connectivity index (χ2n) is 13.7. The van der Waals surface area contributed by atoms with Crippen molar-refractivity contribution in [2.45, 2.75) is 75.8 Å². The van der Waals surface area contributed by atoms with Crippen molar-refractivity contribution < 1.29 is 38.5 Å². The number of likely N-dealkylation sites (tertiary alicyclic amines) is 1. The van der Waals surface area contributed by atoms with Crippen LogP contribution in [-0.2, 0) is 28.7 Å². The summed E-state index contributed by atoms with van der Waals surface area (Å²) in [6.07, 6.45) is 3.87. The van der Waals surface area contributed by atoms with Crippen LogP contribution in [0.1, 0.15) is 57.6 Å². The molecule has 2 bridgehead atoms. The Kier molecular flexibility index (Phi) is 11.8. The number of nitrogens with zero attached hydrogens (tertiary/aromatic N) is 2. The Morgan fingerprint density at radius 3 is 2.46 bits per heavy atom. The molecule has 3 heterocycles. The van der Waals surface area contributed by atoms with Crippen molar-refractivity contribution in [1.29, 1.82) is 0 Å². The highest BCUT2D eigenvalue weighted by Crippen LogP contribution is 2.59. The summed E-state index contributed by atoms with van der Waals surface area (Å²) < 4.78 is 18.1. The Balaban J connectivity index is 1.50. The van der Waals surface area contributed by atoms with Crippen LogP contribution < -0.4 is 15.0 Å². The van der Waals surface area contributed by atoms with E-state index in [-0.39, 0.29) is 43.8 Å². The fourth-order valence-electron chi connectivity index (χ4n) is 7.86. The van der Waals surface area contributed by atoms with Gasteiger partial charge in [0.1, 0.15) is 23.5 Å². The smallest absolute Gasteiger partial charge is 0.313 e. The first kappa shape index (κ1) is 36.8. The topological polar surface area (TPSA) is 135 Å². The van der Waals surface area contributed by atoms with E-state index in [1.54, 1.807) is 48.4 Å². The zero-order valence-electron chi connectivity index (χ0n) is 29.2. The molecule has 0 unspecified atom stereocenters. The van der Waals surface area contributed by atoms with Crippen molar-refractivity contribution in [3.63, 3.8) is 0 Å². The zero-order valence-corrected chi connectivity index (χ0v) is 29.2. The fraction of sp³-hybridized carbons (Fsp3) is 0.487. The summed E-state index contributed by atoms with van der Waals surface area (Å²) in [5, 5.41) is 13.5. The molecule has 3 amide bonds. The predicted molar refractivity (Wildman–Crippen MR) is 188 cm³/mol. The lowest BCUT2D eigenvalue weighted by atomic mass is 9.70. The lowest BCUT2D eigenvalue weighted by Crippen LogP contribution is -2.59. The van der Waals surface area contributed by atoms with Gasteiger partial charge in [0.2, 0.25) is 11.8 Å². The van der Waals surface area contributed by atoms with Crippen LogP contribution >= 0.6 is 0 Å². The standard InChI is InChI=1S/C39H49N3O8/c1-6-8-14-32(44)40-23-31(26-12-10-9-11-13-26)49-38(47)33-30-19-20-39(50-30)34(33)36(45)42(28(24-43)22-25(3)4)35(39)37(46)41(21-7-2)27-15-17-29(48-5)18-16-27/h6-7,9-13,15-18,25,28,30-31,33-35,43H,1-2,8,14,19-24H2,3-5H3,(H,40,44)/t28-,30-,31-,33+,34+,35-,39+/m1/s1. The molecule has 11 heteroatoms. The van der Waals surface area contributed by atoms with Gasteiger partial charge in [0.25, 0.3) is 5.91 Å². The predicted octanol–water partition coefficient (Wildman–Crippen LogP) is 4.36. The van der Waals surface area contributed by atoms with Gasteiger partial charge in [0.15, 0.2) is 0 Å². The Morgan fingerprint density at radius 1 is 1.12 bits per heavy atom. The molecule has 0 aromatic heterocycles. The first-order valence-corrected chi connectivity index (χ1v) is 17.4. The van der Waals surface area contributed by atoms with Crippen molar-refractivity contribution >= 4 is 29.4 Å². The van der Waals surface area contributed by atoms with Crippen LogP contribution in [-0.4, -0.2) is 84.3 Å². The number of benzene rings is 2. The molecule has 0 radical (unpaired) electrons. The number of fused-ring (bicyclic) bond motifs is 1. The number of ether oxygens (including phenoxy) is 3. The molecule has 11 nitrogen and oxygen atoms in total. The number of aliphatic hydroxyl groups excluding tert-OH is 1. The number of nitrogens with one attached hydrogen (secondary N) is 1. The number of esters is 1. The quantitative estimate of drug-likeness (QED) is 0.185. The largest absolute Gasteiger partial charge is 0.497 e. The monoisotopic (exact) mass is 687 g/mol. The van der Waals surface area contributed by atoms with Crippen molar-refractivity contribution in [3.05, 3.63) is 85.5 Å². The number of carbonyl (C=O) groups excluding carboxylic acids is 4. The number of aliphatic hydroxyl groups is 1. The molecule has 3 aliphatic rings. The molecule has 1 spiro atoms. The van der Waals surface area contributed by atoms with E-state index in [1.165, 1.54) is 4.90 Å². The van der Waals surface area contributed by atoms with Gasteiger partial charge in [-0.3, -0.25) is 19.2 Å². The Labute approximate surface area is 294 Å². The van der Waals surface area contributed by atoms with Crippen LogP contribution in [0, 0.1) is 17.8 Å². The van der Waals surface area contributed by atoms with E-state index in [0.29, 0.717) is 42.7 Å². The summed E-state index contributed by atoms with van der Waals surface area (Å²) in [6.45, 7) is 11.4. The van der Waals surface area contributed by atoms with Gasteiger partial charge in [-0.15, -0.1) is 13.2 Å². The van der Waals surface area contributed by atoms with E-state index in [9.17, 15) is 24.3 Å². The van der Waals surface area contributed by atoms with Crippen LogP contribution in [0.4, 0.5) is 5.69 Å². The number of rotatable bonds is 17. The van der Waals surface area contributed by atoms with Crippen molar-refractivity contribution in [3.8, 4) is 5.75 Å². The van der Waals surface area contributed by atoms with Gasteiger partial charge in [-0.25, -0.2) is 0 Å². The van der Waals surface area contributed by atoms with Crippen molar-refractivity contribution in [2.24, 2.45) is 17.8 Å². The highest BCUT2D eigenvalue weighted by molar-refractivity contribution is 6.05. The molecule has 3 aliphatic heterocycles. The third kappa shape index (κ3) is 7.20. The summed E-state index contributed by atoms with van der Waals surface area (Å²) in [6, 6.07) is 14.4. The number of hydrogen-bond acceptors (Lipinski definition) is 8. The minimum absolute atomic E-state index is 0.0420. The minimum atomic E-state index is -1.31. The van der Waals surface area contributed by atoms with Crippen LogP contribution in [0.5, 0.6) is 5.75 Å². The summed E-state index contributed by atoms with van der Waals surface area (Å²) in [5.41, 5.74) is -0.0374. The third-order valence-electron chi connectivity index (χ3n) is 10.0. The SMILES string of the molecule is C=CCCC(=O)NC[C@@H](OC(=O)[C@@H]1[C@H]2C(=O)N([C@@H](CO)CC(C)C)[C@H](C(=O)N(CC=C)c3ccc(OC)cc3)[C@]23CC[C@H]1O3)c1ccccc1. The van der Waals surface area contributed by atoms with Gasteiger partial charge in [0, 0.05) is 18.7 Å². The molecule has 0 aliphatic carbocycles. The number of anilines is 1. The van der Waals surface area contributed by atoms with E-state index in [1.807, 2.05) is 44.2 Å². The second-order valence-corrected chi connectivity index (χ2v) is 13.7. The average Bonchev–Trinajstić information content (AvgIpc) is 3.77. The highest BCUT2D eigenvalue weighted by Gasteiger charge is 2.75. The zero-order chi connectivity index (χ0) is 36.0. The number of amides is 3. The van der Waals surface area contributed by atoms with Crippen molar-refractivity contribution in [1.82, 2.24) is 10.2 Å². The lowest BCUT2D eigenvalue weighted by molar-refractivity contribution is -0.161. The van der Waals surface area contributed by atoms with E-state index < -0.39 is 53.6 Å². The van der Waals surface area contributed by atoms with Gasteiger partial charge in [0.05, 0.1) is 44.2 Å². The Hall–Kier alpha value is -4.48. The summed E-state index contributed by atoms with van der Waals surface area (Å²) in [5.74, 6) is -2.87. The second kappa shape index (κ2) is 16.0. The molecule has 2 aromatic carbocycles. The number of methoxy groups -OCH3 is 1. The van der Waals surface area contributed by atoms with Crippen molar-refractivity contribution in [2.75, 3.05) is 31.7 Å². The molecule has 0 saturated carbocycles. The molecule has 2 aromatic rings. The average molecular weight is 688 g/mol. The van der Waals surface area contributed by atoms with Gasteiger partial charge in [-0.05, 0) is 61.4 Å². The van der Waals surface area contributed by atoms with Gasteiger partial charge in [-0.2, -0.15) is 0 Å². The molecule has 2 N–H and O–H groups in total. The summed E-state index contributed by atoms with van der Waals surface area (Å²) in [7, 11) is 1.56. The molecule has 268 valence electrons. The first-order chi connectivity index (χ1) is 24.1. The number of allylic oxidation sites excluding steroid dienone is 1. The van der Waals surface area contributed by atoms with Gasteiger partial charge >= 0.3 is 5.97 Å². The molecular weight excluding hydrogens is 638 g/mol. The maximum absolute atomic E-state index is 14.9.